The summed E-state index contributed by atoms with van der Waals surface area (Å²) in [5.74, 6) is -6.72. The van der Waals surface area contributed by atoms with Crippen LogP contribution >= 0.6 is 31.9 Å². The van der Waals surface area contributed by atoms with E-state index in [1.54, 1.807) is 0 Å². The van der Waals surface area contributed by atoms with Crippen LogP contribution in [0.3, 0.4) is 0 Å². The summed E-state index contributed by atoms with van der Waals surface area (Å²) in [7, 11) is 0. The number of halogens is 8. The normalized spacial score (nSPS) is 24.0. The predicted molar refractivity (Wildman–Crippen MR) is 163 cm³/mol. The lowest BCUT2D eigenvalue weighted by Crippen LogP contribution is -2.51. The SMILES string of the molecule is Cc1ccccc1C1([N+](=O)[O-])C=CC(OC2=C(Br)C(OC(=O)C(F)(F)F)C(c3ccccc3C)([N+](=O)[O-])C=C2)=C(Br)C1OC(=O)C(F)(F)F. The van der Waals surface area contributed by atoms with Crippen molar-refractivity contribution < 1.29 is 60.0 Å². The monoisotopic (exact) mass is 824 g/mol. The standard InChI is InChI=1S/C30H20Br2F6N2O9/c1-15-7-3-5-9-17(15)27(39(43)44)13-11-19(21(31)23(27)48-25(41)29(33,34)35)47-20-12-14-28(40(45)46,18-10-6-4-8-16(18)2)24(22(20)32)49-26(42)30(36,37)38/h3-14,23-24H,1-2H3. The minimum atomic E-state index is -5.60. The number of ether oxygens (including phenoxy) is 3. The van der Waals surface area contributed by atoms with Gasteiger partial charge in [0.1, 0.15) is 11.5 Å². The van der Waals surface area contributed by atoms with Gasteiger partial charge >= 0.3 is 35.4 Å². The first-order valence-corrected chi connectivity index (χ1v) is 15.1. The van der Waals surface area contributed by atoms with Crippen LogP contribution in [0.15, 0.2) is 93.3 Å². The number of alkyl halides is 6. The second-order valence-electron chi connectivity index (χ2n) is 10.6. The van der Waals surface area contributed by atoms with E-state index < -0.39 is 77.9 Å². The summed E-state index contributed by atoms with van der Waals surface area (Å²) in [5, 5.41) is 25.3. The maximum Gasteiger partial charge on any atom is 0.490 e. The second-order valence-corrected chi connectivity index (χ2v) is 12.3. The van der Waals surface area contributed by atoms with Crippen molar-refractivity contribution in [3.63, 3.8) is 0 Å². The van der Waals surface area contributed by atoms with Gasteiger partial charge in [-0.15, -0.1) is 0 Å². The quantitative estimate of drug-likeness (QED) is 0.116. The molecule has 0 aromatic heterocycles. The van der Waals surface area contributed by atoms with E-state index in [2.05, 4.69) is 41.3 Å². The molecule has 2 aromatic carbocycles. The molecule has 0 N–H and O–H groups in total. The highest BCUT2D eigenvalue weighted by molar-refractivity contribution is 9.12. The Bertz CT molecular complexity index is 1730. The van der Waals surface area contributed by atoms with Gasteiger partial charge in [-0.25, -0.2) is 9.59 Å². The molecule has 4 atom stereocenters. The number of aryl methyl sites for hydroxylation is 2. The molecule has 4 rings (SSSR count). The molecule has 0 aliphatic heterocycles. The van der Waals surface area contributed by atoms with E-state index in [1.165, 1.54) is 62.4 Å². The van der Waals surface area contributed by atoms with E-state index in [4.69, 9.17) is 4.74 Å². The lowest BCUT2D eigenvalue weighted by atomic mass is 9.79. The Labute approximate surface area is 288 Å². The maximum atomic E-state index is 13.4. The molecule has 0 heterocycles. The Kier molecular flexibility index (Phi) is 10.2. The van der Waals surface area contributed by atoms with Crippen molar-refractivity contribution in [2.75, 3.05) is 0 Å². The summed E-state index contributed by atoms with van der Waals surface area (Å²) in [6, 6.07) is 11.0. The fraction of sp³-hybridized carbons (Fsp3) is 0.267. The van der Waals surface area contributed by atoms with Crippen molar-refractivity contribution >= 4 is 43.8 Å². The third-order valence-corrected chi connectivity index (χ3v) is 9.21. The molecule has 49 heavy (non-hydrogen) atoms. The van der Waals surface area contributed by atoms with E-state index in [1.807, 2.05) is 0 Å². The first-order valence-electron chi connectivity index (χ1n) is 13.5. The van der Waals surface area contributed by atoms with Crippen molar-refractivity contribution in [3.05, 3.63) is 136 Å². The van der Waals surface area contributed by atoms with Crippen molar-refractivity contribution in [1.82, 2.24) is 0 Å². The summed E-state index contributed by atoms with van der Waals surface area (Å²) in [4.78, 5) is 47.5. The molecule has 2 aliphatic carbocycles. The van der Waals surface area contributed by atoms with E-state index in [-0.39, 0.29) is 22.3 Å². The first-order chi connectivity index (χ1) is 22.7. The van der Waals surface area contributed by atoms with Crippen LogP contribution in [0, 0.1) is 34.1 Å². The van der Waals surface area contributed by atoms with Crippen LogP contribution in [-0.4, -0.2) is 46.3 Å². The largest absolute Gasteiger partial charge is 0.490 e. The van der Waals surface area contributed by atoms with Crippen molar-refractivity contribution in [3.8, 4) is 0 Å². The Morgan fingerprint density at radius 1 is 0.694 bits per heavy atom. The van der Waals surface area contributed by atoms with E-state index in [0.717, 1.165) is 24.3 Å². The molecule has 2 aromatic rings. The summed E-state index contributed by atoms with van der Waals surface area (Å²) in [6.07, 6.45) is -12.5. The molecule has 2 aliphatic rings. The molecule has 260 valence electrons. The van der Waals surface area contributed by atoms with E-state index >= 15 is 0 Å². The van der Waals surface area contributed by atoms with Gasteiger partial charge in [-0.05, 0) is 69.0 Å². The van der Waals surface area contributed by atoms with Crippen LogP contribution in [0.25, 0.3) is 0 Å². The van der Waals surface area contributed by atoms with E-state index in [9.17, 15) is 56.2 Å². The molecule has 0 radical (unpaired) electrons. The maximum absolute atomic E-state index is 13.4. The molecular weight excluding hydrogens is 806 g/mol. The number of hydrogen-bond acceptors (Lipinski definition) is 9. The van der Waals surface area contributed by atoms with Gasteiger partial charge in [0.25, 0.3) is 0 Å². The molecule has 0 bridgehead atoms. The summed E-state index contributed by atoms with van der Waals surface area (Å²) < 4.78 is 94.2. The zero-order valence-electron chi connectivity index (χ0n) is 24.7. The molecule has 0 amide bonds. The number of rotatable bonds is 8. The highest BCUT2D eigenvalue weighted by Crippen LogP contribution is 2.48. The molecular formula is C30H20Br2F6N2O9. The number of allylic oxidation sites excluding steroid dienone is 2. The fourth-order valence-corrected chi connectivity index (χ4v) is 6.63. The summed E-state index contributed by atoms with van der Waals surface area (Å²) >= 11 is 5.90. The minimum Gasteiger partial charge on any atom is -0.455 e. The Hall–Kier alpha value is -4.52. The van der Waals surface area contributed by atoms with Crippen molar-refractivity contribution in [2.45, 2.75) is 49.5 Å². The van der Waals surface area contributed by atoms with Gasteiger partial charge in [-0.2, -0.15) is 26.3 Å². The number of esters is 2. The van der Waals surface area contributed by atoms with Crippen molar-refractivity contribution in [1.29, 1.82) is 0 Å². The van der Waals surface area contributed by atoms with Crippen LogP contribution in [0.2, 0.25) is 0 Å². The van der Waals surface area contributed by atoms with Gasteiger partial charge in [0.05, 0.1) is 8.96 Å². The number of hydrogen-bond donors (Lipinski definition) is 0. The minimum absolute atomic E-state index is 0.168. The van der Waals surface area contributed by atoms with Crippen LogP contribution < -0.4 is 0 Å². The molecule has 0 spiro atoms. The van der Waals surface area contributed by atoms with Crippen LogP contribution in [0.5, 0.6) is 0 Å². The van der Waals surface area contributed by atoms with Crippen LogP contribution in [0.4, 0.5) is 26.3 Å². The number of benzene rings is 2. The number of carbonyl (C=O) groups excluding carboxylic acids is 2. The van der Waals surface area contributed by atoms with Gasteiger partial charge < -0.3 is 14.2 Å². The molecule has 19 heteroatoms. The van der Waals surface area contributed by atoms with Gasteiger partial charge in [-0.3, -0.25) is 20.2 Å². The number of nitrogens with zero attached hydrogens (tertiary/aromatic N) is 2. The molecule has 4 unspecified atom stereocenters. The van der Waals surface area contributed by atoms with Crippen LogP contribution in [-0.2, 0) is 34.9 Å². The third-order valence-electron chi connectivity index (χ3n) is 7.60. The molecule has 0 saturated heterocycles. The van der Waals surface area contributed by atoms with Gasteiger partial charge in [0.15, 0.2) is 0 Å². The lowest BCUT2D eigenvalue weighted by molar-refractivity contribution is -0.574. The Morgan fingerprint density at radius 2 is 1.02 bits per heavy atom. The second kappa shape index (κ2) is 13.4. The van der Waals surface area contributed by atoms with Crippen LogP contribution in [0.1, 0.15) is 22.3 Å². The third kappa shape index (κ3) is 6.72. The zero-order chi connectivity index (χ0) is 36.7. The fourth-order valence-electron chi connectivity index (χ4n) is 5.32. The first kappa shape index (κ1) is 37.3. The molecule has 11 nitrogen and oxygen atoms in total. The molecule has 0 saturated carbocycles. The molecule has 0 fully saturated rings. The predicted octanol–water partition coefficient (Wildman–Crippen LogP) is 7.27. The van der Waals surface area contributed by atoms with Crippen molar-refractivity contribution in [2.24, 2.45) is 0 Å². The average molecular weight is 826 g/mol. The zero-order valence-corrected chi connectivity index (χ0v) is 27.8. The van der Waals surface area contributed by atoms with E-state index in [0.29, 0.717) is 0 Å². The topological polar surface area (TPSA) is 148 Å². The Balaban J connectivity index is 1.91. The van der Waals surface area contributed by atoms with Gasteiger partial charge in [0, 0.05) is 33.1 Å². The van der Waals surface area contributed by atoms with Gasteiger partial charge in [0.2, 0.25) is 12.2 Å². The highest BCUT2D eigenvalue weighted by Gasteiger charge is 2.61. The average Bonchev–Trinajstić information content (AvgIpc) is 3.00. The van der Waals surface area contributed by atoms with Gasteiger partial charge in [-0.1, -0.05) is 48.5 Å². The number of nitro groups is 2. The highest BCUT2D eigenvalue weighted by atomic mass is 79.9. The Morgan fingerprint density at radius 3 is 1.31 bits per heavy atom. The summed E-state index contributed by atoms with van der Waals surface area (Å²) in [5.41, 5.74) is -5.21. The lowest BCUT2D eigenvalue weighted by Gasteiger charge is -2.36. The smallest absolute Gasteiger partial charge is 0.455 e. The number of carbonyl (C=O) groups is 2. The summed E-state index contributed by atoms with van der Waals surface area (Å²) in [6.45, 7) is 2.85.